The van der Waals surface area contributed by atoms with Crippen LogP contribution in [0.5, 0.6) is 11.5 Å². The summed E-state index contributed by atoms with van der Waals surface area (Å²) in [7, 11) is 0. The molecule has 0 amide bonds. The van der Waals surface area contributed by atoms with Crippen molar-refractivity contribution in [2.75, 3.05) is 6.54 Å². The van der Waals surface area contributed by atoms with E-state index in [0.717, 1.165) is 36.4 Å². The van der Waals surface area contributed by atoms with Crippen LogP contribution in [0.15, 0.2) is 54.6 Å². The average Bonchev–Trinajstić information content (AvgIpc) is 2.99. The molecule has 0 saturated carbocycles. The first-order valence-corrected chi connectivity index (χ1v) is 7.52. The second-order valence-electron chi connectivity index (χ2n) is 5.49. The number of carboxylic acid groups (broad SMARTS) is 1. The van der Waals surface area contributed by atoms with Crippen molar-refractivity contribution >= 4 is 5.97 Å². The van der Waals surface area contributed by atoms with E-state index in [0.29, 0.717) is 6.54 Å². The van der Waals surface area contributed by atoms with Crippen LogP contribution in [0.2, 0.25) is 0 Å². The van der Waals surface area contributed by atoms with Crippen molar-refractivity contribution < 1.29 is 14.6 Å². The summed E-state index contributed by atoms with van der Waals surface area (Å²) in [5.74, 6) is 0.829. The van der Waals surface area contributed by atoms with Crippen LogP contribution >= 0.6 is 0 Å². The molecule has 0 bridgehead atoms. The number of hydrogen-bond donors (Lipinski definition) is 1. The summed E-state index contributed by atoms with van der Waals surface area (Å²) in [6, 6.07) is 17.0. The predicted octanol–water partition coefficient (Wildman–Crippen LogP) is 3.53. The molecule has 1 atom stereocenters. The van der Waals surface area contributed by atoms with Gasteiger partial charge in [0.1, 0.15) is 17.5 Å². The van der Waals surface area contributed by atoms with E-state index >= 15 is 0 Å². The monoisotopic (exact) mass is 297 g/mol. The zero-order chi connectivity index (χ0) is 15.4. The number of benzene rings is 2. The molecular formula is C18H19NO3. The second-order valence-corrected chi connectivity index (χ2v) is 5.49. The lowest BCUT2D eigenvalue weighted by Crippen LogP contribution is -2.35. The van der Waals surface area contributed by atoms with Gasteiger partial charge in [0.25, 0.3) is 0 Å². The van der Waals surface area contributed by atoms with Gasteiger partial charge in [-0.1, -0.05) is 36.4 Å². The molecule has 4 heteroatoms. The minimum Gasteiger partial charge on any atom is -0.480 e. The van der Waals surface area contributed by atoms with Gasteiger partial charge < -0.3 is 9.84 Å². The fraction of sp³-hybridized carbons (Fsp3) is 0.278. The van der Waals surface area contributed by atoms with Gasteiger partial charge >= 0.3 is 5.97 Å². The summed E-state index contributed by atoms with van der Waals surface area (Å²) in [5.41, 5.74) is 1.01. The third-order valence-electron chi connectivity index (χ3n) is 3.97. The van der Waals surface area contributed by atoms with Crippen molar-refractivity contribution in [3.05, 3.63) is 60.2 Å². The number of aliphatic carboxylic acids is 1. The maximum Gasteiger partial charge on any atom is 0.320 e. The molecule has 1 N–H and O–H groups in total. The van der Waals surface area contributed by atoms with Gasteiger partial charge in [0.15, 0.2) is 0 Å². The van der Waals surface area contributed by atoms with E-state index in [4.69, 9.17) is 4.74 Å². The van der Waals surface area contributed by atoms with Gasteiger partial charge in [0, 0.05) is 12.1 Å². The van der Waals surface area contributed by atoms with Gasteiger partial charge in [-0.05, 0) is 37.6 Å². The Labute approximate surface area is 130 Å². The molecule has 1 heterocycles. The molecule has 0 aromatic heterocycles. The molecule has 0 spiro atoms. The first-order valence-electron chi connectivity index (χ1n) is 7.52. The molecule has 2 aromatic carbocycles. The van der Waals surface area contributed by atoms with Crippen molar-refractivity contribution in [3.63, 3.8) is 0 Å². The second kappa shape index (κ2) is 6.62. The van der Waals surface area contributed by atoms with Gasteiger partial charge in [-0.2, -0.15) is 0 Å². The van der Waals surface area contributed by atoms with Crippen LogP contribution in [-0.4, -0.2) is 28.6 Å². The summed E-state index contributed by atoms with van der Waals surface area (Å²) in [5, 5.41) is 9.29. The number of hydrogen-bond acceptors (Lipinski definition) is 3. The fourth-order valence-electron chi connectivity index (χ4n) is 2.86. The van der Waals surface area contributed by atoms with Gasteiger partial charge in [-0.3, -0.25) is 9.69 Å². The van der Waals surface area contributed by atoms with E-state index in [1.807, 2.05) is 59.5 Å². The first kappa shape index (κ1) is 14.6. The Bertz CT molecular complexity index is 642. The number of carboxylic acids is 1. The molecule has 1 fully saturated rings. The summed E-state index contributed by atoms with van der Waals surface area (Å²) in [6.07, 6.45) is 1.65. The van der Waals surface area contributed by atoms with Crippen molar-refractivity contribution in [2.24, 2.45) is 0 Å². The molecule has 1 unspecified atom stereocenters. The normalized spacial score (nSPS) is 18.3. The summed E-state index contributed by atoms with van der Waals surface area (Å²) in [6.45, 7) is 1.41. The number of rotatable bonds is 5. The van der Waals surface area contributed by atoms with Crippen LogP contribution in [0.25, 0.3) is 0 Å². The Morgan fingerprint density at radius 2 is 1.86 bits per heavy atom. The van der Waals surface area contributed by atoms with Crippen molar-refractivity contribution in [1.82, 2.24) is 4.90 Å². The van der Waals surface area contributed by atoms with Gasteiger partial charge in [0.05, 0.1) is 0 Å². The van der Waals surface area contributed by atoms with Gasteiger partial charge in [-0.25, -0.2) is 0 Å². The third kappa shape index (κ3) is 3.28. The molecule has 1 saturated heterocycles. The number of carbonyl (C=O) groups is 1. The van der Waals surface area contributed by atoms with Gasteiger partial charge in [-0.15, -0.1) is 0 Å². The predicted molar refractivity (Wildman–Crippen MR) is 84.0 cm³/mol. The standard InChI is InChI=1S/C18H19NO3/c20-18(21)16-10-6-12-19(16)13-14-7-4-5-11-17(14)22-15-8-2-1-3-9-15/h1-5,7-9,11,16H,6,10,12-13H2,(H,20,21). The van der Waals surface area contributed by atoms with Crippen LogP contribution in [-0.2, 0) is 11.3 Å². The zero-order valence-corrected chi connectivity index (χ0v) is 12.3. The number of ether oxygens (including phenoxy) is 1. The highest BCUT2D eigenvalue weighted by molar-refractivity contribution is 5.73. The smallest absolute Gasteiger partial charge is 0.320 e. The van der Waals surface area contributed by atoms with E-state index in [1.54, 1.807) is 0 Å². The van der Waals surface area contributed by atoms with E-state index in [9.17, 15) is 9.90 Å². The number of likely N-dealkylation sites (tertiary alicyclic amines) is 1. The van der Waals surface area contributed by atoms with Crippen LogP contribution < -0.4 is 4.74 Å². The Hall–Kier alpha value is -2.33. The molecule has 3 rings (SSSR count). The topological polar surface area (TPSA) is 49.8 Å². The highest BCUT2D eigenvalue weighted by Gasteiger charge is 2.30. The Balaban J connectivity index is 1.78. The molecule has 1 aliphatic heterocycles. The highest BCUT2D eigenvalue weighted by Crippen LogP contribution is 2.28. The molecule has 114 valence electrons. The molecule has 4 nitrogen and oxygen atoms in total. The minimum atomic E-state index is -0.737. The van der Waals surface area contributed by atoms with Crippen LogP contribution in [0.3, 0.4) is 0 Å². The van der Waals surface area contributed by atoms with Crippen LogP contribution in [0, 0.1) is 0 Å². The maximum absolute atomic E-state index is 11.3. The number of nitrogens with zero attached hydrogens (tertiary/aromatic N) is 1. The van der Waals surface area contributed by atoms with E-state index < -0.39 is 5.97 Å². The summed E-state index contributed by atoms with van der Waals surface area (Å²) in [4.78, 5) is 13.3. The lowest BCUT2D eigenvalue weighted by Gasteiger charge is -2.22. The Morgan fingerprint density at radius 1 is 1.14 bits per heavy atom. The average molecular weight is 297 g/mol. The fourth-order valence-corrected chi connectivity index (χ4v) is 2.86. The molecule has 1 aliphatic rings. The zero-order valence-electron chi connectivity index (χ0n) is 12.3. The van der Waals surface area contributed by atoms with Crippen molar-refractivity contribution in [3.8, 4) is 11.5 Å². The van der Waals surface area contributed by atoms with E-state index in [2.05, 4.69) is 0 Å². The van der Waals surface area contributed by atoms with E-state index in [1.165, 1.54) is 0 Å². The minimum absolute atomic E-state index is 0.384. The summed E-state index contributed by atoms with van der Waals surface area (Å²) >= 11 is 0. The molecular weight excluding hydrogens is 278 g/mol. The van der Waals surface area contributed by atoms with Crippen LogP contribution in [0.4, 0.5) is 0 Å². The highest BCUT2D eigenvalue weighted by atomic mass is 16.5. The largest absolute Gasteiger partial charge is 0.480 e. The molecule has 0 radical (unpaired) electrons. The first-order chi connectivity index (χ1) is 10.7. The SMILES string of the molecule is O=C(O)C1CCCN1Cc1ccccc1Oc1ccccc1. The lowest BCUT2D eigenvalue weighted by molar-refractivity contribution is -0.142. The quantitative estimate of drug-likeness (QED) is 0.917. The summed E-state index contributed by atoms with van der Waals surface area (Å²) < 4.78 is 5.94. The van der Waals surface area contributed by atoms with E-state index in [-0.39, 0.29) is 6.04 Å². The lowest BCUT2D eigenvalue weighted by atomic mass is 10.1. The Morgan fingerprint density at radius 3 is 2.64 bits per heavy atom. The molecule has 0 aliphatic carbocycles. The van der Waals surface area contributed by atoms with Crippen LogP contribution in [0.1, 0.15) is 18.4 Å². The third-order valence-corrected chi connectivity index (χ3v) is 3.97. The molecule has 2 aromatic rings. The Kier molecular flexibility index (Phi) is 4.39. The van der Waals surface area contributed by atoms with Gasteiger partial charge in [0.2, 0.25) is 0 Å². The van der Waals surface area contributed by atoms with Crippen molar-refractivity contribution in [1.29, 1.82) is 0 Å². The van der Waals surface area contributed by atoms with Crippen molar-refractivity contribution in [2.45, 2.75) is 25.4 Å². The molecule has 22 heavy (non-hydrogen) atoms. The maximum atomic E-state index is 11.3. The number of para-hydroxylation sites is 2.